The van der Waals surface area contributed by atoms with Crippen molar-refractivity contribution in [1.82, 2.24) is 0 Å². The molecule has 0 unspecified atom stereocenters. The summed E-state index contributed by atoms with van der Waals surface area (Å²) in [5, 5.41) is 9.13. The molecule has 1 aromatic carbocycles. The summed E-state index contributed by atoms with van der Waals surface area (Å²) >= 11 is 0. The van der Waals surface area contributed by atoms with E-state index in [1.165, 1.54) is 44.1 Å². The molecule has 1 aromatic rings. The van der Waals surface area contributed by atoms with E-state index in [4.69, 9.17) is 5.11 Å². The Hall–Kier alpha value is -0.292. The smallest absolute Gasteiger partial charge is 0.115 e. The zero-order valence-corrected chi connectivity index (χ0v) is 13.0. The van der Waals surface area contributed by atoms with Crippen LogP contribution >= 0.6 is 0 Å². The number of phenols is 1. The Bertz CT molecular complexity index is 256. The minimum absolute atomic E-state index is 0. The SMILES string of the molecule is CCCCCCCCc1ccc(O)cc1.[W]. The number of hydrogen-bond donors (Lipinski definition) is 1. The van der Waals surface area contributed by atoms with Gasteiger partial charge in [-0.1, -0.05) is 51.2 Å². The Balaban J connectivity index is 0.00000225. The molecule has 1 nitrogen and oxygen atoms in total. The fourth-order valence-electron chi connectivity index (χ4n) is 1.77. The topological polar surface area (TPSA) is 20.2 Å². The molecule has 0 spiro atoms. The fraction of sp³-hybridized carbons (Fsp3) is 0.571. The molecule has 0 aromatic heterocycles. The van der Waals surface area contributed by atoms with E-state index in [2.05, 4.69) is 6.92 Å². The van der Waals surface area contributed by atoms with Gasteiger partial charge in [0.15, 0.2) is 0 Å². The van der Waals surface area contributed by atoms with Crippen LogP contribution in [0.5, 0.6) is 5.75 Å². The Morgan fingerprint density at radius 2 is 1.44 bits per heavy atom. The molecule has 1 N–H and O–H groups in total. The summed E-state index contributed by atoms with van der Waals surface area (Å²) in [6, 6.07) is 7.57. The molecule has 2 heteroatoms. The van der Waals surface area contributed by atoms with Gasteiger partial charge in [0, 0.05) is 21.1 Å². The zero-order chi connectivity index (χ0) is 10.9. The summed E-state index contributed by atoms with van der Waals surface area (Å²) in [5.41, 5.74) is 1.34. The second kappa shape index (κ2) is 9.90. The molecule has 0 radical (unpaired) electrons. The maximum absolute atomic E-state index is 9.13. The van der Waals surface area contributed by atoms with Gasteiger partial charge in [-0.15, -0.1) is 0 Å². The van der Waals surface area contributed by atoms with Crippen LogP contribution in [0.1, 0.15) is 51.0 Å². The Kier molecular flexibility index (Phi) is 9.72. The number of rotatable bonds is 7. The normalized spacial score (nSPS) is 9.81. The van der Waals surface area contributed by atoms with Crippen molar-refractivity contribution in [3.05, 3.63) is 29.8 Å². The van der Waals surface area contributed by atoms with Crippen LogP contribution in [-0.2, 0) is 27.5 Å². The predicted molar refractivity (Wildman–Crippen MR) is 65.2 cm³/mol. The summed E-state index contributed by atoms with van der Waals surface area (Å²) in [6.07, 6.45) is 9.19. The van der Waals surface area contributed by atoms with Gasteiger partial charge in [-0.05, 0) is 30.5 Å². The van der Waals surface area contributed by atoms with Crippen molar-refractivity contribution in [2.45, 2.75) is 51.9 Å². The molecule has 0 aliphatic rings. The quantitative estimate of drug-likeness (QED) is 0.689. The first-order valence-corrected chi connectivity index (χ1v) is 6.11. The number of unbranched alkanes of at least 4 members (excludes halogenated alkanes) is 5. The standard InChI is InChI=1S/C14H22O.W/c1-2-3-4-5-6-7-8-13-9-11-14(15)12-10-13;/h9-12,15H,2-8H2,1H3;. The third-order valence-electron chi connectivity index (χ3n) is 2.76. The molecule has 0 atom stereocenters. The number of phenolic OH excluding ortho intramolecular Hbond substituents is 1. The molecule has 0 heterocycles. The van der Waals surface area contributed by atoms with Crippen molar-refractivity contribution in [3.8, 4) is 5.75 Å². The van der Waals surface area contributed by atoms with Crippen LogP contribution in [0.4, 0.5) is 0 Å². The van der Waals surface area contributed by atoms with E-state index in [0.29, 0.717) is 5.75 Å². The number of benzene rings is 1. The molecule has 0 saturated carbocycles. The maximum Gasteiger partial charge on any atom is 0.115 e. The van der Waals surface area contributed by atoms with Crippen molar-refractivity contribution >= 4 is 0 Å². The van der Waals surface area contributed by atoms with E-state index in [1.807, 2.05) is 12.1 Å². The van der Waals surface area contributed by atoms with E-state index >= 15 is 0 Å². The number of aryl methyl sites for hydroxylation is 1. The summed E-state index contributed by atoms with van der Waals surface area (Å²) in [7, 11) is 0. The Morgan fingerprint density at radius 1 is 0.875 bits per heavy atom. The van der Waals surface area contributed by atoms with Crippen LogP contribution in [0.2, 0.25) is 0 Å². The van der Waals surface area contributed by atoms with Crippen LogP contribution in [0.15, 0.2) is 24.3 Å². The zero-order valence-electron chi connectivity index (χ0n) is 10.1. The summed E-state index contributed by atoms with van der Waals surface area (Å²) < 4.78 is 0. The first-order valence-electron chi connectivity index (χ1n) is 6.11. The number of hydrogen-bond acceptors (Lipinski definition) is 1. The summed E-state index contributed by atoms with van der Waals surface area (Å²) in [5.74, 6) is 0.363. The largest absolute Gasteiger partial charge is 0.508 e. The Labute approximate surface area is 114 Å². The minimum atomic E-state index is 0. The van der Waals surface area contributed by atoms with E-state index in [-0.39, 0.29) is 21.1 Å². The van der Waals surface area contributed by atoms with Gasteiger partial charge in [0.1, 0.15) is 5.75 Å². The van der Waals surface area contributed by atoms with E-state index < -0.39 is 0 Å². The summed E-state index contributed by atoms with van der Waals surface area (Å²) in [6.45, 7) is 2.25. The van der Waals surface area contributed by atoms with Crippen LogP contribution in [0.25, 0.3) is 0 Å². The van der Waals surface area contributed by atoms with Crippen molar-refractivity contribution in [2.75, 3.05) is 0 Å². The van der Waals surface area contributed by atoms with Gasteiger partial charge in [-0.25, -0.2) is 0 Å². The van der Waals surface area contributed by atoms with Gasteiger partial charge in [-0.3, -0.25) is 0 Å². The second-order valence-corrected chi connectivity index (χ2v) is 4.18. The van der Waals surface area contributed by atoms with E-state index in [9.17, 15) is 0 Å². The predicted octanol–water partition coefficient (Wildman–Crippen LogP) is 4.29. The molecule has 0 aliphatic heterocycles. The molecule has 0 amide bonds. The Morgan fingerprint density at radius 3 is 2.06 bits per heavy atom. The molecule has 90 valence electrons. The molecule has 0 aliphatic carbocycles. The first kappa shape index (κ1) is 15.7. The van der Waals surface area contributed by atoms with Crippen LogP contribution < -0.4 is 0 Å². The molecule has 16 heavy (non-hydrogen) atoms. The first-order chi connectivity index (χ1) is 7.33. The molecule has 0 bridgehead atoms. The van der Waals surface area contributed by atoms with Gasteiger partial charge < -0.3 is 5.11 Å². The third-order valence-corrected chi connectivity index (χ3v) is 2.76. The molecule has 1 rings (SSSR count). The average molecular weight is 390 g/mol. The molecular weight excluding hydrogens is 368 g/mol. The van der Waals surface area contributed by atoms with Crippen LogP contribution in [0, 0.1) is 0 Å². The van der Waals surface area contributed by atoms with Crippen molar-refractivity contribution in [1.29, 1.82) is 0 Å². The number of aromatic hydroxyl groups is 1. The third kappa shape index (κ3) is 7.06. The van der Waals surface area contributed by atoms with Gasteiger partial charge in [0.05, 0.1) is 0 Å². The molecular formula is C14H22OW. The van der Waals surface area contributed by atoms with Gasteiger partial charge in [0.25, 0.3) is 0 Å². The average Bonchev–Trinajstić information content (AvgIpc) is 2.26. The maximum atomic E-state index is 9.13. The fourth-order valence-corrected chi connectivity index (χ4v) is 1.77. The van der Waals surface area contributed by atoms with E-state index in [1.54, 1.807) is 12.1 Å². The minimum Gasteiger partial charge on any atom is -0.508 e. The molecule has 0 fully saturated rings. The molecule has 0 saturated heterocycles. The van der Waals surface area contributed by atoms with Gasteiger partial charge in [-0.2, -0.15) is 0 Å². The van der Waals surface area contributed by atoms with Crippen molar-refractivity contribution < 1.29 is 26.2 Å². The second-order valence-electron chi connectivity index (χ2n) is 4.18. The van der Waals surface area contributed by atoms with Crippen LogP contribution in [0.3, 0.4) is 0 Å². The van der Waals surface area contributed by atoms with E-state index in [0.717, 1.165) is 6.42 Å². The van der Waals surface area contributed by atoms with Crippen LogP contribution in [-0.4, -0.2) is 5.11 Å². The van der Waals surface area contributed by atoms with Gasteiger partial charge in [0.2, 0.25) is 0 Å². The monoisotopic (exact) mass is 390 g/mol. The van der Waals surface area contributed by atoms with Gasteiger partial charge >= 0.3 is 0 Å². The van der Waals surface area contributed by atoms with Crippen molar-refractivity contribution in [3.63, 3.8) is 0 Å². The summed E-state index contributed by atoms with van der Waals surface area (Å²) in [4.78, 5) is 0. The van der Waals surface area contributed by atoms with Crippen molar-refractivity contribution in [2.24, 2.45) is 0 Å².